The molecule has 0 amide bonds. The largest absolute Gasteiger partial charge is 0.472 e. The van der Waals surface area contributed by atoms with Crippen LogP contribution in [0.3, 0.4) is 0 Å². The first-order valence-corrected chi connectivity index (χ1v) is 26.6. The Kier molecular flexibility index (Phi) is 41.7. The second-order valence-electron chi connectivity index (χ2n) is 18.2. The van der Waals surface area contributed by atoms with Gasteiger partial charge in [0, 0.05) is 12.8 Å². The van der Waals surface area contributed by atoms with E-state index in [1.165, 1.54) is 161 Å². The molecule has 0 radical (unpaired) electrons. The van der Waals surface area contributed by atoms with Gasteiger partial charge in [-0.3, -0.25) is 18.6 Å². The molecule has 0 saturated carbocycles. The van der Waals surface area contributed by atoms with Crippen LogP contribution in [-0.4, -0.2) is 74.9 Å². The van der Waals surface area contributed by atoms with Crippen LogP contribution in [-0.2, 0) is 32.7 Å². The molecule has 2 atom stereocenters. The molecule has 0 heterocycles. The van der Waals surface area contributed by atoms with Gasteiger partial charge >= 0.3 is 19.8 Å². The van der Waals surface area contributed by atoms with Crippen molar-refractivity contribution >= 4 is 19.8 Å². The summed E-state index contributed by atoms with van der Waals surface area (Å²) in [5, 5.41) is 0. The number of hydrogen-bond donors (Lipinski definition) is 1. The molecular weight excluding hydrogens is 774 g/mol. The van der Waals surface area contributed by atoms with Crippen molar-refractivity contribution in [2.24, 2.45) is 0 Å². The summed E-state index contributed by atoms with van der Waals surface area (Å²) >= 11 is 0. The van der Waals surface area contributed by atoms with Crippen LogP contribution in [0.4, 0.5) is 0 Å². The van der Waals surface area contributed by atoms with Crippen molar-refractivity contribution in [3.63, 3.8) is 0 Å². The molecule has 2 unspecified atom stereocenters. The zero-order valence-corrected chi connectivity index (χ0v) is 40.9. The summed E-state index contributed by atoms with van der Waals surface area (Å²) in [4.78, 5) is 35.3. The van der Waals surface area contributed by atoms with Crippen molar-refractivity contribution < 1.29 is 42.1 Å². The van der Waals surface area contributed by atoms with E-state index in [4.69, 9.17) is 18.5 Å². The Morgan fingerprint density at radius 2 is 0.900 bits per heavy atom. The SMILES string of the molecule is CCCCCCC/C=C\C/C=C\CCCCCCCCCCCCCCCCCC(=O)OC(COC(=O)CCCCCCCCCCC)COP(=O)(O)OCC[N+](C)(C)C. The summed E-state index contributed by atoms with van der Waals surface area (Å²) in [5.41, 5.74) is 0. The molecule has 0 rings (SSSR count). The Morgan fingerprint density at radius 3 is 1.32 bits per heavy atom. The van der Waals surface area contributed by atoms with Crippen molar-refractivity contribution in [3.8, 4) is 0 Å². The van der Waals surface area contributed by atoms with Gasteiger partial charge in [-0.15, -0.1) is 0 Å². The molecule has 0 aliphatic carbocycles. The minimum Gasteiger partial charge on any atom is -0.462 e. The van der Waals surface area contributed by atoms with Crippen molar-refractivity contribution in [3.05, 3.63) is 24.3 Å². The number of carbonyl (C=O) groups is 2. The Labute approximate surface area is 370 Å². The number of rotatable bonds is 46. The van der Waals surface area contributed by atoms with Crippen LogP contribution in [0.2, 0.25) is 0 Å². The predicted molar refractivity (Wildman–Crippen MR) is 252 cm³/mol. The monoisotopic (exact) mass is 871 g/mol. The van der Waals surface area contributed by atoms with Gasteiger partial charge in [0.1, 0.15) is 19.8 Å². The first-order valence-electron chi connectivity index (χ1n) is 25.1. The van der Waals surface area contributed by atoms with Crippen LogP contribution >= 0.6 is 7.82 Å². The highest BCUT2D eigenvalue weighted by Gasteiger charge is 2.27. The summed E-state index contributed by atoms with van der Waals surface area (Å²) in [7, 11) is 1.49. The molecule has 9 nitrogen and oxygen atoms in total. The standard InChI is InChI=1S/C50H96NO8P/c1-6-8-10-12-14-16-17-18-19-20-21-22-23-24-25-26-27-28-29-30-31-32-33-35-37-39-41-43-50(53)59-48(47-58-60(54,55)57-45-44-51(3,4)5)46-56-49(52)42-40-38-36-34-15-13-11-9-7-2/h17-18,20-21,48H,6-16,19,22-47H2,1-5H3/p+1/b18-17-,21-20-. The van der Waals surface area contributed by atoms with E-state index in [0.717, 1.165) is 38.5 Å². The van der Waals surface area contributed by atoms with Crippen LogP contribution in [0.1, 0.15) is 232 Å². The van der Waals surface area contributed by atoms with Crippen molar-refractivity contribution in [1.82, 2.24) is 0 Å². The summed E-state index contributed by atoms with van der Waals surface area (Å²) < 4.78 is 34.3. The summed E-state index contributed by atoms with van der Waals surface area (Å²) in [6, 6.07) is 0. The average molecular weight is 871 g/mol. The van der Waals surface area contributed by atoms with E-state index in [9.17, 15) is 19.0 Å². The summed E-state index contributed by atoms with van der Waals surface area (Å²) in [5.74, 6) is -0.792. The minimum absolute atomic E-state index is 0.0342. The van der Waals surface area contributed by atoms with E-state index in [-0.39, 0.29) is 25.6 Å². The van der Waals surface area contributed by atoms with E-state index < -0.39 is 26.5 Å². The predicted octanol–water partition coefficient (Wildman–Crippen LogP) is 14.7. The van der Waals surface area contributed by atoms with Gasteiger partial charge in [0.2, 0.25) is 0 Å². The Hall–Kier alpha value is -1.51. The average Bonchev–Trinajstić information content (AvgIpc) is 3.20. The first-order chi connectivity index (χ1) is 29.0. The number of nitrogens with zero attached hydrogens (tertiary/aromatic N) is 1. The molecule has 0 spiro atoms. The molecular formula is C50H97NO8P+. The molecule has 60 heavy (non-hydrogen) atoms. The lowest BCUT2D eigenvalue weighted by atomic mass is 10.0. The van der Waals surface area contributed by atoms with Crippen LogP contribution in [0.15, 0.2) is 24.3 Å². The Balaban J connectivity index is 4.07. The van der Waals surface area contributed by atoms with E-state index in [1.807, 2.05) is 21.1 Å². The van der Waals surface area contributed by atoms with Crippen LogP contribution in [0.5, 0.6) is 0 Å². The fourth-order valence-electron chi connectivity index (χ4n) is 7.05. The third-order valence-electron chi connectivity index (χ3n) is 11.0. The highest BCUT2D eigenvalue weighted by atomic mass is 31.2. The number of phosphoric ester groups is 1. The molecule has 354 valence electrons. The number of hydrogen-bond acceptors (Lipinski definition) is 7. The van der Waals surface area contributed by atoms with E-state index in [2.05, 4.69) is 38.2 Å². The quantitative estimate of drug-likeness (QED) is 0.0212. The fourth-order valence-corrected chi connectivity index (χ4v) is 7.79. The maximum absolute atomic E-state index is 12.7. The normalized spacial score (nSPS) is 13.6. The van der Waals surface area contributed by atoms with Gasteiger partial charge in [-0.05, 0) is 44.9 Å². The van der Waals surface area contributed by atoms with Gasteiger partial charge in [0.15, 0.2) is 6.10 Å². The molecule has 0 aromatic carbocycles. The van der Waals surface area contributed by atoms with Gasteiger partial charge in [-0.1, -0.05) is 199 Å². The molecule has 1 N–H and O–H groups in total. The number of unbranched alkanes of at least 4 members (excludes halogenated alkanes) is 28. The van der Waals surface area contributed by atoms with Crippen molar-refractivity contribution in [1.29, 1.82) is 0 Å². The molecule has 0 aromatic rings. The number of carbonyl (C=O) groups excluding carboxylic acids is 2. The first kappa shape index (κ1) is 58.5. The molecule has 0 bridgehead atoms. The zero-order valence-electron chi connectivity index (χ0n) is 40.0. The zero-order chi connectivity index (χ0) is 44.3. The number of ether oxygens (including phenoxy) is 2. The topological polar surface area (TPSA) is 108 Å². The summed E-state index contributed by atoms with van der Waals surface area (Å²) in [6.07, 6.45) is 48.2. The summed E-state index contributed by atoms with van der Waals surface area (Å²) in [6.45, 7) is 4.41. The molecule has 10 heteroatoms. The van der Waals surface area contributed by atoms with Crippen LogP contribution < -0.4 is 0 Å². The molecule has 0 aliphatic rings. The lowest BCUT2D eigenvalue weighted by Gasteiger charge is -2.24. The molecule has 0 fully saturated rings. The van der Waals surface area contributed by atoms with Gasteiger partial charge in [-0.25, -0.2) is 4.57 Å². The number of allylic oxidation sites excluding steroid dienone is 4. The second-order valence-corrected chi connectivity index (χ2v) is 19.7. The van der Waals surface area contributed by atoms with Crippen molar-refractivity contribution in [2.75, 3.05) is 47.5 Å². The molecule has 0 aromatic heterocycles. The Morgan fingerprint density at radius 1 is 0.517 bits per heavy atom. The number of likely N-dealkylation sites (N-methyl/N-ethyl adjacent to an activating group) is 1. The fraction of sp³-hybridized carbons (Fsp3) is 0.880. The maximum atomic E-state index is 12.7. The minimum atomic E-state index is -4.37. The lowest BCUT2D eigenvalue weighted by molar-refractivity contribution is -0.870. The lowest BCUT2D eigenvalue weighted by Crippen LogP contribution is -2.37. The van der Waals surface area contributed by atoms with Crippen LogP contribution in [0, 0.1) is 0 Å². The molecule has 0 aliphatic heterocycles. The second kappa shape index (κ2) is 42.8. The number of phosphoric acid groups is 1. The third kappa shape index (κ3) is 46.0. The maximum Gasteiger partial charge on any atom is 0.472 e. The van der Waals surface area contributed by atoms with E-state index >= 15 is 0 Å². The highest BCUT2D eigenvalue weighted by Crippen LogP contribution is 2.43. The van der Waals surface area contributed by atoms with E-state index in [1.54, 1.807) is 0 Å². The van der Waals surface area contributed by atoms with Gasteiger partial charge in [0.25, 0.3) is 0 Å². The van der Waals surface area contributed by atoms with Gasteiger partial charge in [0.05, 0.1) is 27.7 Å². The highest BCUT2D eigenvalue weighted by molar-refractivity contribution is 7.47. The van der Waals surface area contributed by atoms with Crippen LogP contribution in [0.25, 0.3) is 0 Å². The van der Waals surface area contributed by atoms with E-state index in [0.29, 0.717) is 23.9 Å². The molecule has 0 saturated heterocycles. The smallest absolute Gasteiger partial charge is 0.462 e. The van der Waals surface area contributed by atoms with Gasteiger partial charge < -0.3 is 18.9 Å². The number of esters is 2. The van der Waals surface area contributed by atoms with Crippen molar-refractivity contribution in [2.45, 2.75) is 238 Å². The third-order valence-corrected chi connectivity index (χ3v) is 12.0. The van der Waals surface area contributed by atoms with Gasteiger partial charge in [-0.2, -0.15) is 0 Å². The number of quaternary nitrogens is 1. The Bertz CT molecular complexity index is 1070.